The standard InChI is InChI=1S/C14H27NO2/c1-5-10-15-13(12-9-8-11-16-12)14(4,6-2)17-7-3/h9,13,15H,5-8,10-11H2,1-4H3. The molecule has 1 N–H and O–H groups in total. The van der Waals surface area contributed by atoms with Crippen LogP contribution in [0.1, 0.15) is 47.0 Å². The van der Waals surface area contributed by atoms with Crippen LogP contribution in [0.15, 0.2) is 11.8 Å². The van der Waals surface area contributed by atoms with E-state index in [1.807, 2.05) is 0 Å². The second-order valence-corrected chi connectivity index (χ2v) is 4.73. The van der Waals surface area contributed by atoms with Gasteiger partial charge in [-0.3, -0.25) is 0 Å². The van der Waals surface area contributed by atoms with E-state index in [9.17, 15) is 0 Å². The van der Waals surface area contributed by atoms with E-state index in [-0.39, 0.29) is 11.6 Å². The van der Waals surface area contributed by atoms with E-state index in [2.05, 4.69) is 39.1 Å². The third-order valence-corrected chi connectivity index (χ3v) is 3.40. The normalized spacial score (nSPS) is 20.6. The summed E-state index contributed by atoms with van der Waals surface area (Å²) < 4.78 is 11.7. The fourth-order valence-electron chi connectivity index (χ4n) is 2.26. The average molecular weight is 241 g/mol. The van der Waals surface area contributed by atoms with Crippen LogP contribution in [0.3, 0.4) is 0 Å². The van der Waals surface area contributed by atoms with Gasteiger partial charge in [-0.2, -0.15) is 0 Å². The molecule has 1 aliphatic heterocycles. The van der Waals surface area contributed by atoms with Crippen LogP contribution in [0.4, 0.5) is 0 Å². The van der Waals surface area contributed by atoms with Crippen molar-refractivity contribution < 1.29 is 9.47 Å². The van der Waals surface area contributed by atoms with Crippen LogP contribution in [0, 0.1) is 0 Å². The third kappa shape index (κ3) is 3.71. The molecule has 3 heteroatoms. The molecular weight excluding hydrogens is 214 g/mol. The summed E-state index contributed by atoms with van der Waals surface area (Å²) in [6, 6.07) is 0.176. The predicted octanol–water partition coefficient (Wildman–Crippen LogP) is 2.86. The lowest BCUT2D eigenvalue weighted by molar-refractivity contribution is -0.0565. The predicted molar refractivity (Wildman–Crippen MR) is 71.1 cm³/mol. The van der Waals surface area contributed by atoms with Crippen molar-refractivity contribution in [2.45, 2.75) is 58.6 Å². The first-order valence-corrected chi connectivity index (χ1v) is 6.88. The van der Waals surface area contributed by atoms with Crippen LogP contribution in [0.2, 0.25) is 0 Å². The van der Waals surface area contributed by atoms with Gasteiger partial charge in [0.25, 0.3) is 0 Å². The molecule has 0 saturated heterocycles. The highest BCUT2D eigenvalue weighted by atomic mass is 16.5. The smallest absolute Gasteiger partial charge is 0.112 e. The van der Waals surface area contributed by atoms with Gasteiger partial charge in [0.1, 0.15) is 5.76 Å². The van der Waals surface area contributed by atoms with Gasteiger partial charge in [-0.25, -0.2) is 0 Å². The Bertz CT molecular complexity index is 253. The molecule has 1 aliphatic rings. The van der Waals surface area contributed by atoms with Gasteiger partial charge in [0.05, 0.1) is 18.2 Å². The van der Waals surface area contributed by atoms with Crippen LogP contribution in [-0.4, -0.2) is 31.4 Å². The molecule has 2 unspecified atom stereocenters. The van der Waals surface area contributed by atoms with E-state index in [0.29, 0.717) is 0 Å². The molecule has 0 amide bonds. The zero-order valence-corrected chi connectivity index (χ0v) is 11.7. The molecule has 17 heavy (non-hydrogen) atoms. The topological polar surface area (TPSA) is 30.5 Å². The Kier molecular flexibility index (Phi) is 6.00. The maximum Gasteiger partial charge on any atom is 0.112 e. The van der Waals surface area contributed by atoms with Crippen molar-refractivity contribution in [3.63, 3.8) is 0 Å². The van der Waals surface area contributed by atoms with Gasteiger partial charge < -0.3 is 14.8 Å². The van der Waals surface area contributed by atoms with Crippen LogP contribution in [0.5, 0.6) is 0 Å². The largest absolute Gasteiger partial charge is 0.496 e. The van der Waals surface area contributed by atoms with E-state index in [1.165, 1.54) is 0 Å². The lowest BCUT2D eigenvalue weighted by atomic mass is 9.91. The second-order valence-electron chi connectivity index (χ2n) is 4.73. The van der Waals surface area contributed by atoms with Crippen molar-refractivity contribution in [1.29, 1.82) is 0 Å². The Labute approximate surface area is 106 Å². The van der Waals surface area contributed by atoms with Crippen molar-refractivity contribution in [2.75, 3.05) is 19.8 Å². The molecule has 0 saturated carbocycles. The number of ether oxygens (including phenoxy) is 2. The summed E-state index contributed by atoms with van der Waals surface area (Å²) in [5.74, 6) is 1.07. The minimum atomic E-state index is -0.180. The summed E-state index contributed by atoms with van der Waals surface area (Å²) >= 11 is 0. The molecule has 0 aliphatic carbocycles. The van der Waals surface area contributed by atoms with Crippen LogP contribution in [-0.2, 0) is 9.47 Å². The lowest BCUT2D eigenvalue weighted by Crippen LogP contribution is -2.51. The fourth-order valence-corrected chi connectivity index (χ4v) is 2.26. The monoisotopic (exact) mass is 241 g/mol. The summed E-state index contributed by atoms with van der Waals surface area (Å²) in [7, 11) is 0. The van der Waals surface area contributed by atoms with Gasteiger partial charge in [0.2, 0.25) is 0 Å². The molecule has 0 fully saturated rings. The third-order valence-electron chi connectivity index (χ3n) is 3.40. The quantitative estimate of drug-likeness (QED) is 0.709. The first-order chi connectivity index (χ1) is 8.18. The fraction of sp³-hybridized carbons (Fsp3) is 0.857. The second kappa shape index (κ2) is 7.02. The molecule has 0 aromatic rings. The number of nitrogens with one attached hydrogen (secondary N) is 1. The van der Waals surface area contributed by atoms with E-state index in [1.54, 1.807) is 0 Å². The molecular formula is C14H27NO2. The molecule has 100 valence electrons. The van der Waals surface area contributed by atoms with Crippen LogP contribution in [0.25, 0.3) is 0 Å². The van der Waals surface area contributed by atoms with Crippen LogP contribution >= 0.6 is 0 Å². The SMILES string of the molecule is CCCNC(C1=CCCO1)C(C)(CC)OCC. The van der Waals surface area contributed by atoms with Gasteiger partial charge in [0, 0.05) is 13.0 Å². The number of hydrogen-bond acceptors (Lipinski definition) is 3. The molecule has 0 aromatic carbocycles. The van der Waals surface area contributed by atoms with Gasteiger partial charge in [-0.1, -0.05) is 13.8 Å². The molecule has 0 bridgehead atoms. The van der Waals surface area contributed by atoms with Crippen molar-refractivity contribution in [3.8, 4) is 0 Å². The summed E-state index contributed by atoms with van der Waals surface area (Å²) in [5, 5.41) is 3.57. The highest BCUT2D eigenvalue weighted by Crippen LogP contribution is 2.28. The van der Waals surface area contributed by atoms with E-state index in [4.69, 9.17) is 9.47 Å². The molecule has 0 spiro atoms. The molecule has 1 rings (SSSR count). The van der Waals surface area contributed by atoms with Gasteiger partial charge in [-0.15, -0.1) is 0 Å². The first-order valence-electron chi connectivity index (χ1n) is 6.88. The molecule has 3 nitrogen and oxygen atoms in total. The van der Waals surface area contributed by atoms with E-state index in [0.717, 1.165) is 44.8 Å². The zero-order valence-electron chi connectivity index (χ0n) is 11.7. The summed E-state index contributed by atoms with van der Waals surface area (Å²) in [6.07, 6.45) is 5.31. The first kappa shape index (κ1) is 14.5. The van der Waals surface area contributed by atoms with E-state index >= 15 is 0 Å². The summed E-state index contributed by atoms with van der Waals surface area (Å²) in [4.78, 5) is 0. The number of hydrogen-bond donors (Lipinski definition) is 1. The number of rotatable bonds is 8. The van der Waals surface area contributed by atoms with Crippen molar-refractivity contribution in [3.05, 3.63) is 11.8 Å². The highest BCUT2D eigenvalue weighted by molar-refractivity contribution is 5.13. The minimum absolute atomic E-state index is 0.176. The Balaban J connectivity index is 2.78. The van der Waals surface area contributed by atoms with Crippen molar-refractivity contribution >= 4 is 0 Å². The molecule has 1 heterocycles. The molecule has 0 aromatic heterocycles. The van der Waals surface area contributed by atoms with Crippen molar-refractivity contribution in [2.24, 2.45) is 0 Å². The molecule has 0 radical (unpaired) electrons. The average Bonchev–Trinajstić information content (AvgIpc) is 2.83. The summed E-state index contributed by atoms with van der Waals surface area (Å²) in [6.45, 7) is 11.1. The van der Waals surface area contributed by atoms with Crippen LogP contribution < -0.4 is 5.32 Å². The van der Waals surface area contributed by atoms with Gasteiger partial charge in [0.15, 0.2) is 0 Å². The van der Waals surface area contributed by atoms with Crippen molar-refractivity contribution in [1.82, 2.24) is 5.32 Å². The maximum atomic E-state index is 5.97. The Morgan fingerprint density at radius 1 is 1.47 bits per heavy atom. The highest BCUT2D eigenvalue weighted by Gasteiger charge is 2.37. The zero-order chi connectivity index (χ0) is 12.7. The Morgan fingerprint density at radius 3 is 2.71 bits per heavy atom. The van der Waals surface area contributed by atoms with Gasteiger partial charge in [-0.05, 0) is 39.3 Å². The Morgan fingerprint density at radius 2 is 2.24 bits per heavy atom. The lowest BCUT2D eigenvalue weighted by Gasteiger charge is -2.37. The van der Waals surface area contributed by atoms with Gasteiger partial charge >= 0.3 is 0 Å². The van der Waals surface area contributed by atoms with E-state index < -0.39 is 0 Å². The maximum absolute atomic E-state index is 5.97. The summed E-state index contributed by atoms with van der Waals surface area (Å²) in [5.41, 5.74) is -0.180. The molecule has 2 atom stereocenters. The Hall–Kier alpha value is -0.540. The minimum Gasteiger partial charge on any atom is -0.496 e.